The zero-order chi connectivity index (χ0) is 15.4. The molecule has 0 saturated heterocycles. The molecule has 0 atom stereocenters. The van der Waals surface area contributed by atoms with Crippen molar-refractivity contribution in [2.45, 2.75) is 13.1 Å². The Morgan fingerprint density at radius 3 is 2.48 bits per heavy atom. The second-order valence-electron chi connectivity index (χ2n) is 4.88. The van der Waals surface area contributed by atoms with Crippen molar-refractivity contribution in [1.29, 1.82) is 0 Å². The maximum Gasteiger partial charge on any atom is 0.335 e. The van der Waals surface area contributed by atoms with Crippen LogP contribution in [0.4, 0.5) is 0 Å². The van der Waals surface area contributed by atoms with Crippen LogP contribution >= 0.6 is 27.5 Å². The highest BCUT2D eigenvalue weighted by molar-refractivity contribution is 9.10. The molecule has 110 valence electrons. The Hall–Kier alpha value is -1.36. The molecule has 2 aromatic carbocycles. The van der Waals surface area contributed by atoms with Crippen LogP contribution in [0.5, 0.6) is 0 Å². The summed E-state index contributed by atoms with van der Waals surface area (Å²) in [6.07, 6.45) is 0. The Morgan fingerprint density at radius 2 is 1.86 bits per heavy atom. The van der Waals surface area contributed by atoms with Gasteiger partial charge in [-0.3, -0.25) is 4.90 Å². The van der Waals surface area contributed by atoms with Crippen LogP contribution in [0.2, 0.25) is 5.02 Å². The molecule has 0 amide bonds. The van der Waals surface area contributed by atoms with Gasteiger partial charge in [-0.2, -0.15) is 0 Å². The van der Waals surface area contributed by atoms with E-state index >= 15 is 0 Å². The number of carboxylic acids is 1. The van der Waals surface area contributed by atoms with Crippen LogP contribution in [0.25, 0.3) is 0 Å². The number of rotatable bonds is 5. The van der Waals surface area contributed by atoms with Crippen molar-refractivity contribution >= 4 is 33.5 Å². The van der Waals surface area contributed by atoms with Crippen LogP contribution in [0.1, 0.15) is 21.5 Å². The zero-order valence-electron chi connectivity index (χ0n) is 11.5. The Morgan fingerprint density at radius 1 is 1.19 bits per heavy atom. The standard InChI is InChI=1S/C16H15BrClNO2/c1-19(9-12-4-2-3-5-14(12)17)10-13-7-6-11(16(20)21)8-15(13)18/h2-8H,9-10H2,1H3,(H,20,21). The van der Waals surface area contributed by atoms with E-state index in [4.69, 9.17) is 16.7 Å². The number of halogens is 2. The number of hydrogen-bond donors (Lipinski definition) is 1. The molecule has 0 unspecified atom stereocenters. The summed E-state index contributed by atoms with van der Waals surface area (Å²) in [6.45, 7) is 1.43. The minimum atomic E-state index is -0.968. The Balaban J connectivity index is 2.08. The molecule has 0 aliphatic carbocycles. The van der Waals surface area contributed by atoms with Gasteiger partial charge in [0.25, 0.3) is 0 Å². The first-order valence-electron chi connectivity index (χ1n) is 6.41. The van der Waals surface area contributed by atoms with Gasteiger partial charge >= 0.3 is 5.97 Å². The lowest BCUT2D eigenvalue weighted by Gasteiger charge is -2.18. The number of carboxylic acid groups (broad SMARTS) is 1. The number of aromatic carboxylic acids is 1. The maximum absolute atomic E-state index is 10.9. The first kappa shape index (κ1) is 16.0. The molecule has 0 aliphatic rings. The molecule has 3 nitrogen and oxygen atoms in total. The molecule has 0 heterocycles. The average Bonchev–Trinajstić information content (AvgIpc) is 2.43. The summed E-state index contributed by atoms with van der Waals surface area (Å²) in [5.41, 5.74) is 2.31. The van der Waals surface area contributed by atoms with Gasteiger partial charge in [-0.25, -0.2) is 4.79 Å². The quantitative estimate of drug-likeness (QED) is 0.848. The molecule has 0 spiro atoms. The summed E-state index contributed by atoms with van der Waals surface area (Å²) in [6, 6.07) is 12.9. The van der Waals surface area contributed by atoms with Crippen molar-refractivity contribution in [2.24, 2.45) is 0 Å². The van der Waals surface area contributed by atoms with Gasteiger partial charge in [0.15, 0.2) is 0 Å². The highest BCUT2D eigenvalue weighted by Gasteiger charge is 2.10. The Kier molecular flexibility index (Phi) is 5.39. The third-order valence-electron chi connectivity index (χ3n) is 3.14. The summed E-state index contributed by atoms with van der Waals surface area (Å²) in [4.78, 5) is 13.0. The molecule has 2 aromatic rings. The topological polar surface area (TPSA) is 40.5 Å². The van der Waals surface area contributed by atoms with Crippen LogP contribution in [0, 0.1) is 0 Å². The molecule has 21 heavy (non-hydrogen) atoms. The lowest BCUT2D eigenvalue weighted by molar-refractivity contribution is 0.0697. The minimum absolute atomic E-state index is 0.206. The first-order valence-corrected chi connectivity index (χ1v) is 7.58. The highest BCUT2D eigenvalue weighted by atomic mass is 79.9. The van der Waals surface area contributed by atoms with Crippen LogP contribution in [-0.2, 0) is 13.1 Å². The fourth-order valence-electron chi connectivity index (χ4n) is 2.07. The van der Waals surface area contributed by atoms with E-state index in [-0.39, 0.29) is 5.56 Å². The van der Waals surface area contributed by atoms with Gasteiger partial charge in [-0.05, 0) is 36.4 Å². The lowest BCUT2D eigenvalue weighted by atomic mass is 10.1. The second-order valence-corrected chi connectivity index (χ2v) is 6.14. The number of carbonyl (C=O) groups is 1. The monoisotopic (exact) mass is 367 g/mol. The van der Waals surface area contributed by atoms with Crippen molar-refractivity contribution in [1.82, 2.24) is 4.90 Å². The molecule has 0 aromatic heterocycles. The van der Waals surface area contributed by atoms with Gasteiger partial charge in [-0.1, -0.05) is 51.8 Å². The molecule has 0 aliphatic heterocycles. The van der Waals surface area contributed by atoms with Crippen LogP contribution < -0.4 is 0 Å². The Labute approximate surface area is 137 Å². The molecule has 0 saturated carbocycles. The van der Waals surface area contributed by atoms with Gasteiger partial charge in [0, 0.05) is 22.6 Å². The van der Waals surface area contributed by atoms with Gasteiger partial charge in [0.05, 0.1) is 5.56 Å². The van der Waals surface area contributed by atoms with Gasteiger partial charge in [0.1, 0.15) is 0 Å². The van der Waals surface area contributed by atoms with E-state index < -0.39 is 5.97 Å². The van der Waals surface area contributed by atoms with Crippen LogP contribution in [0.15, 0.2) is 46.9 Å². The van der Waals surface area contributed by atoms with Crippen molar-refractivity contribution in [3.63, 3.8) is 0 Å². The van der Waals surface area contributed by atoms with Crippen molar-refractivity contribution < 1.29 is 9.90 Å². The molecular weight excluding hydrogens is 354 g/mol. The van der Waals surface area contributed by atoms with Crippen LogP contribution in [-0.4, -0.2) is 23.0 Å². The lowest BCUT2D eigenvalue weighted by Crippen LogP contribution is -2.17. The van der Waals surface area contributed by atoms with Crippen molar-refractivity contribution in [3.8, 4) is 0 Å². The summed E-state index contributed by atoms with van der Waals surface area (Å²) >= 11 is 9.68. The largest absolute Gasteiger partial charge is 0.478 e. The first-order chi connectivity index (χ1) is 9.97. The minimum Gasteiger partial charge on any atom is -0.478 e. The van der Waals surface area contributed by atoms with Gasteiger partial charge in [0.2, 0.25) is 0 Å². The van der Waals surface area contributed by atoms with E-state index in [0.29, 0.717) is 11.6 Å². The summed E-state index contributed by atoms with van der Waals surface area (Å²) in [7, 11) is 2.00. The predicted molar refractivity (Wildman–Crippen MR) is 87.7 cm³/mol. The molecule has 1 N–H and O–H groups in total. The molecular formula is C16H15BrClNO2. The zero-order valence-corrected chi connectivity index (χ0v) is 13.9. The van der Waals surface area contributed by atoms with E-state index in [1.165, 1.54) is 11.6 Å². The summed E-state index contributed by atoms with van der Waals surface area (Å²) in [5.74, 6) is -0.968. The van der Waals surface area contributed by atoms with E-state index in [9.17, 15) is 4.79 Å². The number of hydrogen-bond acceptors (Lipinski definition) is 2. The van der Waals surface area contributed by atoms with E-state index in [0.717, 1.165) is 16.6 Å². The molecule has 2 rings (SSSR count). The van der Waals surface area contributed by atoms with Crippen molar-refractivity contribution in [3.05, 3.63) is 68.7 Å². The highest BCUT2D eigenvalue weighted by Crippen LogP contribution is 2.22. The summed E-state index contributed by atoms with van der Waals surface area (Å²) in [5, 5.41) is 9.41. The number of benzene rings is 2. The second kappa shape index (κ2) is 7.07. The molecule has 5 heteroatoms. The van der Waals surface area contributed by atoms with Crippen LogP contribution in [0.3, 0.4) is 0 Å². The van der Waals surface area contributed by atoms with E-state index in [1.807, 2.05) is 25.2 Å². The average molecular weight is 369 g/mol. The fraction of sp³-hybridized carbons (Fsp3) is 0.188. The molecule has 0 fully saturated rings. The smallest absolute Gasteiger partial charge is 0.335 e. The fourth-order valence-corrected chi connectivity index (χ4v) is 2.72. The SMILES string of the molecule is CN(Cc1ccc(C(=O)O)cc1Cl)Cc1ccccc1Br. The Bertz CT molecular complexity index is 660. The summed E-state index contributed by atoms with van der Waals surface area (Å²) < 4.78 is 1.07. The van der Waals surface area contributed by atoms with Crippen molar-refractivity contribution in [2.75, 3.05) is 7.05 Å². The third-order valence-corrected chi connectivity index (χ3v) is 4.26. The van der Waals surface area contributed by atoms with Gasteiger partial charge in [-0.15, -0.1) is 0 Å². The third kappa shape index (κ3) is 4.30. The van der Waals surface area contributed by atoms with Gasteiger partial charge < -0.3 is 5.11 Å². The maximum atomic E-state index is 10.9. The molecule has 0 bridgehead atoms. The normalized spacial score (nSPS) is 10.9. The van der Waals surface area contributed by atoms with E-state index in [2.05, 4.69) is 26.9 Å². The molecule has 0 radical (unpaired) electrons. The van der Waals surface area contributed by atoms with E-state index in [1.54, 1.807) is 12.1 Å². The predicted octanol–water partition coefficient (Wildman–Crippen LogP) is 4.43. The number of nitrogens with zero attached hydrogens (tertiary/aromatic N) is 1.